The quantitative estimate of drug-likeness (QED) is 0.903. The summed E-state index contributed by atoms with van der Waals surface area (Å²) >= 11 is 4.78. The molecule has 94 valence electrons. The molecular formula is C11H14BrNO3S. The summed E-state index contributed by atoms with van der Waals surface area (Å²) in [6.07, 6.45) is -0.315. The number of aliphatic hydroxyl groups is 1. The molecule has 1 aliphatic rings. The number of ether oxygens (including phenoxy) is 1. The Labute approximate surface area is 112 Å². The van der Waals surface area contributed by atoms with Crippen LogP contribution < -0.4 is 0 Å². The highest BCUT2D eigenvalue weighted by Crippen LogP contribution is 2.25. The van der Waals surface area contributed by atoms with Gasteiger partial charge in [0, 0.05) is 17.6 Å². The van der Waals surface area contributed by atoms with Gasteiger partial charge in [-0.15, -0.1) is 11.3 Å². The fourth-order valence-electron chi connectivity index (χ4n) is 1.90. The highest BCUT2D eigenvalue weighted by molar-refractivity contribution is 9.10. The zero-order valence-corrected chi connectivity index (χ0v) is 11.8. The number of hydrogen-bond acceptors (Lipinski definition) is 4. The standard InChI is InChI=1S/C11H14BrNO3S/c1-7-4-13(5-8(6-14)16-7)11(15)10-9(12)2-3-17-10/h2-3,7-8,14H,4-6H2,1H3. The number of amides is 1. The van der Waals surface area contributed by atoms with Gasteiger partial charge in [-0.25, -0.2) is 0 Å². The number of thiophene rings is 1. The van der Waals surface area contributed by atoms with E-state index in [-0.39, 0.29) is 24.7 Å². The average Bonchev–Trinajstić information content (AvgIpc) is 2.73. The Hall–Kier alpha value is -0.430. The van der Waals surface area contributed by atoms with Crippen molar-refractivity contribution in [3.63, 3.8) is 0 Å². The van der Waals surface area contributed by atoms with Crippen molar-refractivity contribution in [2.45, 2.75) is 19.1 Å². The minimum atomic E-state index is -0.276. The van der Waals surface area contributed by atoms with Crippen molar-refractivity contribution >= 4 is 33.2 Å². The van der Waals surface area contributed by atoms with Crippen LogP contribution in [0.15, 0.2) is 15.9 Å². The molecule has 2 atom stereocenters. The Kier molecular flexibility index (Phi) is 4.19. The summed E-state index contributed by atoms with van der Waals surface area (Å²) in [6.45, 7) is 2.87. The molecular weight excluding hydrogens is 306 g/mol. The van der Waals surface area contributed by atoms with Crippen molar-refractivity contribution in [1.29, 1.82) is 0 Å². The van der Waals surface area contributed by atoms with Gasteiger partial charge in [0.25, 0.3) is 5.91 Å². The second-order valence-corrected chi connectivity index (χ2v) is 5.83. The smallest absolute Gasteiger partial charge is 0.265 e. The molecule has 1 aromatic rings. The molecule has 6 heteroatoms. The highest BCUT2D eigenvalue weighted by Gasteiger charge is 2.29. The average molecular weight is 320 g/mol. The van der Waals surface area contributed by atoms with E-state index in [0.717, 1.165) is 4.47 Å². The van der Waals surface area contributed by atoms with Crippen LogP contribution in [0.2, 0.25) is 0 Å². The summed E-state index contributed by atoms with van der Waals surface area (Å²) in [5.41, 5.74) is 0. The van der Waals surface area contributed by atoms with Gasteiger partial charge in [-0.2, -0.15) is 0 Å². The van der Waals surface area contributed by atoms with E-state index in [0.29, 0.717) is 18.0 Å². The summed E-state index contributed by atoms with van der Waals surface area (Å²) in [6, 6.07) is 1.87. The summed E-state index contributed by atoms with van der Waals surface area (Å²) in [4.78, 5) is 14.7. The molecule has 1 aliphatic heterocycles. The molecule has 2 unspecified atom stereocenters. The van der Waals surface area contributed by atoms with Crippen molar-refractivity contribution in [3.8, 4) is 0 Å². The number of carbonyl (C=O) groups excluding carboxylic acids is 1. The van der Waals surface area contributed by atoms with Gasteiger partial charge in [0.15, 0.2) is 0 Å². The first-order chi connectivity index (χ1) is 8.11. The van der Waals surface area contributed by atoms with Gasteiger partial charge >= 0.3 is 0 Å². The predicted molar refractivity (Wildman–Crippen MR) is 69.3 cm³/mol. The Balaban J connectivity index is 2.11. The van der Waals surface area contributed by atoms with Crippen molar-refractivity contribution in [1.82, 2.24) is 4.90 Å². The Morgan fingerprint density at radius 3 is 3.06 bits per heavy atom. The lowest BCUT2D eigenvalue weighted by Crippen LogP contribution is -2.50. The first-order valence-electron chi connectivity index (χ1n) is 5.40. The van der Waals surface area contributed by atoms with E-state index in [1.165, 1.54) is 11.3 Å². The number of carbonyl (C=O) groups is 1. The lowest BCUT2D eigenvalue weighted by atomic mass is 10.2. The van der Waals surface area contributed by atoms with Gasteiger partial charge in [-0.1, -0.05) is 0 Å². The van der Waals surface area contributed by atoms with Crippen LogP contribution in [0, 0.1) is 0 Å². The van der Waals surface area contributed by atoms with Crippen LogP contribution in [0.4, 0.5) is 0 Å². The predicted octanol–water partition coefficient (Wildman–Crippen LogP) is 1.73. The van der Waals surface area contributed by atoms with E-state index in [1.54, 1.807) is 4.90 Å². The van der Waals surface area contributed by atoms with E-state index in [9.17, 15) is 4.79 Å². The number of nitrogens with zero attached hydrogens (tertiary/aromatic N) is 1. The lowest BCUT2D eigenvalue weighted by Gasteiger charge is -2.35. The van der Waals surface area contributed by atoms with Crippen molar-refractivity contribution in [2.75, 3.05) is 19.7 Å². The minimum absolute atomic E-state index is 0.000440. The van der Waals surface area contributed by atoms with Crippen molar-refractivity contribution in [2.24, 2.45) is 0 Å². The zero-order valence-electron chi connectivity index (χ0n) is 9.43. The van der Waals surface area contributed by atoms with Crippen LogP contribution >= 0.6 is 27.3 Å². The fourth-order valence-corrected chi connectivity index (χ4v) is 3.41. The lowest BCUT2D eigenvalue weighted by molar-refractivity contribution is -0.0857. The van der Waals surface area contributed by atoms with E-state index in [4.69, 9.17) is 9.84 Å². The van der Waals surface area contributed by atoms with Crippen molar-refractivity contribution in [3.05, 3.63) is 20.8 Å². The van der Waals surface area contributed by atoms with E-state index in [1.807, 2.05) is 18.4 Å². The fraction of sp³-hybridized carbons (Fsp3) is 0.545. The second kappa shape index (κ2) is 5.48. The maximum atomic E-state index is 12.3. The molecule has 2 heterocycles. The number of morpholine rings is 1. The molecule has 0 aliphatic carbocycles. The molecule has 0 spiro atoms. The molecule has 1 amide bonds. The topological polar surface area (TPSA) is 49.8 Å². The summed E-state index contributed by atoms with van der Waals surface area (Å²) in [7, 11) is 0. The van der Waals surface area contributed by atoms with Crippen LogP contribution in [0.1, 0.15) is 16.6 Å². The molecule has 0 saturated carbocycles. The molecule has 1 saturated heterocycles. The van der Waals surface area contributed by atoms with Crippen LogP contribution in [0.25, 0.3) is 0 Å². The normalized spacial score (nSPS) is 25.0. The van der Waals surface area contributed by atoms with Gasteiger partial charge in [-0.3, -0.25) is 4.79 Å². The largest absolute Gasteiger partial charge is 0.394 e. The molecule has 1 fully saturated rings. The molecule has 0 radical (unpaired) electrons. The van der Waals surface area contributed by atoms with E-state index >= 15 is 0 Å². The Morgan fingerprint density at radius 1 is 1.71 bits per heavy atom. The molecule has 4 nitrogen and oxygen atoms in total. The van der Waals surface area contributed by atoms with Crippen molar-refractivity contribution < 1.29 is 14.6 Å². The van der Waals surface area contributed by atoms with Gasteiger partial charge < -0.3 is 14.7 Å². The highest BCUT2D eigenvalue weighted by atomic mass is 79.9. The van der Waals surface area contributed by atoms with E-state index in [2.05, 4.69) is 15.9 Å². The SMILES string of the molecule is CC1CN(C(=O)c2sccc2Br)CC(CO)O1. The summed E-state index contributed by atoms with van der Waals surface area (Å²) in [5.74, 6) is 0.000440. The molecule has 1 N–H and O–H groups in total. The number of rotatable bonds is 2. The Bertz CT molecular complexity index is 409. The van der Waals surface area contributed by atoms with E-state index < -0.39 is 0 Å². The first kappa shape index (κ1) is 13.0. The van der Waals surface area contributed by atoms with Gasteiger partial charge in [-0.05, 0) is 34.3 Å². The van der Waals surface area contributed by atoms with Gasteiger partial charge in [0.05, 0.1) is 18.8 Å². The molecule has 17 heavy (non-hydrogen) atoms. The number of aliphatic hydroxyl groups excluding tert-OH is 1. The maximum absolute atomic E-state index is 12.3. The molecule has 0 bridgehead atoms. The molecule has 1 aromatic heterocycles. The zero-order chi connectivity index (χ0) is 12.4. The van der Waals surface area contributed by atoms with Gasteiger partial charge in [0.1, 0.15) is 4.88 Å². The van der Waals surface area contributed by atoms with Crippen LogP contribution in [0.5, 0.6) is 0 Å². The number of halogens is 1. The third-order valence-electron chi connectivity index (χ3n) is 2.63. The third kappa shape index (κ3) is 2.88. The Morgan fingerprint density at radius 2 is 2.47 bits per heavy atom. The maximum Gasteiger partial charge on any atom is 0.265 e. The monoisotopic (exact) mass is 319 g/mol. The van der Waals surface area contributed by atoms with Crippen LogP contribution in [-0.4, -0.2) is 47.8 Å². The molecule has 2 rings (SSSR count). The van der Waals surface area contributed by atoms with Crippen LogP contribution in [0.3, 0.4) is 0 Å². The number of hydrogen-bond donors (Lipinski definition) is 1. The minimum Gasteiger partial charge on any atom is -0.394 e. The van der Waals surface area contributed by atoms with Crippen LogP contribution in [-0.2, 0) is 4.74 Å². The second-order valence-electron chi connectivity index (χ2n) is 4.06. The third-order valence-corrected chi connectivity index (χ3v) is 4.45. The summed E-state index contributed by atoms with van der Waals surface area (Å²) < 4.78 is 6.34. The first-order valence-corrected chi connectivity index (χ1v) is 7.07. The molecule has 0 aromatic carbocycles. The van der Waals surface area contributed by atoms with Gasteiger partial charge in [0.2, 0.25) is 0 Å². The summed E-state index contributed by atoms with van der Waals surface area (Å²) in [5, 5.41) is 11.0.